The van der Waals surface area contributed by atoms with Crippen LogP contribution in [0, 0.1) is 0 Å². The minimum atomic E-state index is 0.601. The Morgan fingerprint density at radius 3 is 1.72 bits per heavy atom. The second-order valence-corrected chi connectivity index (χ2v) is 13.1. The van der Waals surface area contributed by atoms with E-state index in [2.05, 4.69) is 48.5 Å². The standard InChI is InChI=1S/C43H25N5OS/c1-4-13-26(14-5-1)36-39-37(45-43(44-36)32-21-12-20-31-30-19-10-11-22-34(30)49-38(31)32)33-25-29(23-24-35(33)50-39)42-47-40(27-15-6-2-7-16-27)46-41(48-42)28-17-8-3-9-18-28/h1-25H. The van der Waals surface area contributed by atoms with Gasteiger partial charge in [-0.3, -0.25) is 0 Å². The van der Waals surface area contributed by atoms with Crippen molar-refractivity contribution >= 4 is 53.6 Å². The van der Waals surface area contributed by atoms with Crippen molar-refractivity contribution in [3.63, 3.8) is 0 Å². The van der Waals surface area contributed by atoms with Crippen molar-refractivity contribution in [2.45, 2.75) is 0 Å². The maximum absolute atomic E-state index is 6.44. The van der Waals surface area contributed by atoms with E-state index in [4.69, 9.17) is 29.3 Å². The predicted molar refractivity (Wildman–Crippen MR) is 203 cm³/mol. The molecule has 0 N–H and O–H groups in total. The molecule has 4 aromatic heterocycles. The molecule has 7 heteroatoms. The van der Waals surface area contributed by atoms with Crippen molar-refractivity contribution in [2.75, 3.05) is 0 Å². The van der Waals surface area contributed by atoms with Gasteiger partial charge in [0.1, 0.15) is 11.2 Å². The van der Waals surface area contributed by atoms with Gasteiger partial charge < -0.3 is 4.42 Å². The van der Waals surface area contributed by atoms with E-state index in [9.17, 15) is 0 Å². The summed E-state index contributed by atoms with van der Waals surface area (Å²) in [5.74, 6) is 2.46. The Labute approximate surface area is 290 Å². The third kappa shape index (κ3) is 4.75. The number of fused-ring (bicyclic) bond motifs is 6. The molecular formula is C43H25N5OS. The molecule has 0 saturated heterocycles. The number of nitrogens with zero attached hydrogens (tertiary/aromatic N) is 5. The van der Waals surface area contributed by atoms with Crippen molar-refractivity contribution in [3.05, 3.63) is 152 Å². The van der Waals surface area contributed by atoms with Gasteiger partial charge in [-0.2, -0.15) is 0 Å². The molecule has 50 heavy (non-hydrogen) atoms. The lowest BCUT2D eigenvalue weighted by Gasteiger charge is -2.09. The Morgan fingerprint density at radius 2 is 1.02 bits per heavy atom. The van der Waals surface area contributed by atoms with Crippen LogP contribution in [0.25, 0.3) is 99.1 Å². The average molecular weight is 660 g/mol. The van der Waals surface area contributed by atoms with Gasteiger partial charge >= 0.3 is 0 Å². The second kappa shape index (κ2) is 11.5. The van der Waals surface area contributed by atoms with Crippen LogP contribution in [0.1, 0.15) is 0 Å². The van der Waals surface area contributed by atoms with Crippen LogP contribution >= 0.6 is 11.3 Å². The van der Waals surface area contributed by atoms with E-state index in [1.165, 1.54) is 0 Å². The minimum absolute atomic E-state index is 0.601. The number of hydrogen-bond donors (Lipinski definition) is 0. The van der Waals surface area contributed by atoms with Crippen molar-refractivity contribution in [1.29, 1.82) is 0 Å². The highest BCUT2D eigenvalue weighted by Crippen LogP contribution is 2.42. The van der Waals surface area contributed by atoms with Crippen molar-refractivity contribution < 1.29 is 4.42 Å². The summed E-state index contributed by atoms with van der Waals surface area (Å²) < 4.78 is 8.57. The van der Waals surface area contributed by atoms with E-state index in [1.54, 1.807) is 11.3 Å². The lowest BCUT2D eigenvalue weighted by Crippen LogP contribution is -2.00. The maximum atomic E-state index is 6.44. The number of aromatic nitrogens is 5. The Morgan fingerprint density at radius 1 is 0.420 bits per heavy atom. The fraction of sp³-hybridized carbons (Fsp3) is 0. The third-order valence-corrected chi connectivity index (χ3v) is 10.1. The van der Waals surface area contributed by atoms with Crippen LogP contribution in [0.3, 0.4) is 0 Å². The fourth-order valence-corrected chi connectivity index (χ4v) is 7.69. The molecule has 0 saturated carbocycles. The molecule has 10 aromatic rings. The van der Waals surface area contributed by atoms with Crippen LogP contribution < -0.4 is 0 Å². The van der Waals surface area contributed by atoms with E-state index in [0.29, 0.717) is 23.3 Å². The molecule has 6 aromatic carbocycles. The number of rotatable bonds is 5. The van der Waals surface area contributed by atoms with Crippen molar-refractivity contribution in [1.82, 2.24) is 24.9 Å². The summed E-state index contributed by atoms with van der Waals surface area (Å²) in [6.45, 7) is 0. The molecule has 0 aliphatic rings. The molecule has 6 nitrogen and oxygen atoms in total. The SMILES string of the molecule is c1ccc(-c2nc(-c3ccccc3)nc(-c3ccc4sc5c(-c6ccccc6)nc(-c6cccc7c6oc6ccccc67)nc5c4c3)n2)cc1. The minimum Gasteiger partial charge on any atom is -0.455 e. The summed E-state index contributed by atoms with van der Waals surface area (Å²) in [6, 6.07) is 51.1. The first-order valence-electron chi connectivity index (χ1n) is 16.3. The topological polar surface area (TPSA) is 77.6 Å². The van der Waals surface area contributed by atoms with Gasteiger partial charge in [-0.15, -0.1) is 11.3 Å². The molecule has 0 bridgehead atoms. The smallest absolute Gasteiger partial charge is 0.164 e. The zero-order valence-corrected chi connectivity index (χ0v) is 27.3. The monoisotopic (exact) mass is 659 g/mol. The highest BCUT2D eigenvalue weighted by Gasteiger charge is 2.21. The molecule has 0 unspecified atom stereocenters. The second-order valence-electron chi connectivity index (χ2n) is 12.1. The summed E-state index contributed by atoms with van der Waals surface area (Å²) in [6.07, 6.45) is 0. The van der Waals surface area contributed by atoms with E-state index >= 15 is 0 Å². The molecule has 0 aliphatic carbocycles. The number of hydrogen-bond acceptors (Lipinski definition) is 7. The Kier molecular flexibility index (Phi) is 6.57. The number of furan rings is 1. The third-order valence-electron chi connectivity index (χ3n) is 8.96. The van der Waals surface area contributed by atoms with Crippen LogP contribution in [0.15, 0.2) is 156 Å². The molecule has 0 aliphatic heterocycles. The van der Waals surface area contributed by atoms with Gasteiger partial charge in [0.2, 0.25) is 0 Å². The van der Waals surface area contributed by atoms with Gasteiger partial charge in [-0.25, -0.2) is 24.9 Å². The molecule has 234 valence electrons. The normalized spacial score (nSPS) is 11.6. The lowest BCUT2D eigenvalue weighted by molar-refractivity contribution is 0.669. The largest absolute Gasteiger partial charge is 0.455 e. The van der Waals surface area contributed by atoms with Gasteiger partial charge in [-0.1, -0.05) is 121 Å². The molecule has 10 rings (SSSR count). The summed E-state index contributed by atoms with van der Waals surface area (Å²) in [4.78, 5) is 25.4. The van der Waals surface area contributed by atoms with Gasteiger partial charge in [-0.05, 0) is 30.3 Å². The van der Waals surface area contributed by atoms with Crippen LogP contribution in [0.5, 0.6) is 0 Å². The number of para-hydroxylation sites is 2. The summed E-state index contributed by atoms with van der Waals surface area (Å²) in [7, 11) is 0. The van der Waals surface area contributed by atoms with Crippen molar-refractivity contribution in [3.8, 4) is 56.8 Å². The molecule has 0 radical (unpaired) electrons. The van der Waals surface area contributed by atoms with E-state index in [1.807, 2.05) is 103 Å². The molecule has 0 amide bonds. The molecule has 0 fully saturated rings. The van der Waals surface area contributed by atoms with Gasteiger partial charge in [0.15, 0.2) is 23.3 Å². The average Bonchev–Trinajstić information content (AvgIpc) is 3.76. The van der Waals surface area contributed by atoms with Gasteiger partial charge in [0.05, 0.1) is 21.5 Å². The first kappa shape index (κ1) is 28.4. The molecule has 0 atom stereocenters. The summed E-state index contributed by atoms with van der Waals surface area (Å²) >= 11 is 1.70. The van der Waals surface area contributed by atoms with Gasteiger partial charge in [0, 0.05) is 43.1 Å². The van der Waals surface area contributed by atoms with E-state index in [0.717, 1.165) is 75.8 Å². The van der Waals surface area contributed by atoms with Crippen LogP contribution in [0.4, 0.5) is 0 Å². The van der Waals surface area contributed by atoms with Gasteiger partial charge in [0.25, 0.3) is 0 Å². The summed E-state index contributed by atoms with van der Waals surface area (Å²) in [5, 5.41) is 3.13. The quantitative estimate of drug-likeness (QED) is 0.183. The molecule has 4 heterocycles. The number of thiophene rings is 1. The lowest BCUT2D eigenvalue weighted by atomic mass is 10.1. The predicted octanol–water partition coefficient (Wildman–Crippen LogP) is 11.3. The Bertz CT molecular complexity index is 2810. The van der Waals surface area contributed by atoms with Crippen molar-refractivity contribution in [2.24, 2.45) is 0 Å². The maximum Gasteiger partial charge on any atom is 0.164 e. The highest BCUT2D eigenvalue weighted by atomic mass is 32.1. The van der Waals surface area contributed by atoms with Crippen LogP contribution in [0.2, 0.25) is 0 Å². The van der Waals surface area contributed by atoms with E-state index in [-0.39, 0.29) is 0 Å². The summed E-state index contributed by atoms with van der Waals surface area (Å²) in [5.41, 5.74) is 8.01. The molecular weight excluding hydrogens is 635 g/mol. The zero-order valence-electron chi connectivity index (χ0n) is 26.5. The van der Waals surface area contributed by atoms with Crippen LogP contribution in [-0.4, -0.2) is 24.9 Å². The van der Waals surface area contributed by atoms with E-state index < -0.39 is 0 Å². The van der Waals surface area contributed by atoms with Crippen LogP contribution in [-0.2, 0) is 0 Å². The molecule has 0 spiro atoms. The fourth-order valence-electron chi connectivity index (χ4n) is 6.56. The zero-order chi connectivity index (χ0) is 33.0. The number of benzene rings is 6. The Balaban J connectivity index is 1.21. The Hall–Kier alpha value is -6.57. The first-order chi connectivity index (χ1) is 24.8. The first-order valence-corrected chi connectivity index (χ1v) is 17.2. The highest BCUT2D eigenvalue weighted by molar-refractivity contribution is 7.26.